The van der Waals surface area contributed by atoms with Gasteiger partial charge in [-0.25, -0.2) is 4.98 Å². The monoisotopic (exact) mass is 276 g/mol. The molecule has 0 aliphatic rings. The molecule has 0 radical (unpaired) electrons. The minimum absolute atomic E-state index is 0.00130. The average molecular weight is 277 g/mol. The molecule has 0 aliphatic carbocycles. The summed E-state index contributed by atoms with van der Waals surface area (Å²) in [5.74, 6) is -0.586. The van der Waals surface area contributed by atoms with Crippen molar-refractivity contribution in [3.63, 3.8) is 0 Å². The lowest BCUT2D eigenvalue weighted by molar-refractivity contribution is 0.0932. The number of carbonyl (C=O) groups excluding carboxylic acids is 1. The Kier molecular flexibility index (Phi) is 4.02. The molecule has 4 nitrogen and oxygen atoms in total. The number of hydrogen-bond acceptors (Lipinski definition) is 3. The van der Waals surface area contributed by atoms with Crippen molar-refractivity contribution in [2.24, 2.45) is 0 Å². The Balaban J connectivity index is 2.16. The zero-order chi connectivity index (χ0) is 13.8. The van der Waals surface area contributed by atoms with Gasteiger partial charge in [0.05, 0.1) is 6.04 Å². The molecule has 5 heteroatoms. The molecule has 1 amide bonds. The van der Waals surface area contributed by atoms with Crippen LogP contribution in [0.5, 0.6) is 5.75 Å². The molecule has 0 spiro atoms. The first-order valence-corrected chi connectivity index (χ1v) is 6.16. The Morgan fingerprint density at radius 3 is 2.74 bits per heavy atom. The van der Waals surface area contributed by atoms with E-state index < -0.39 is 5.91 Å². The number of hydrogen-bond donors (Lipinski definition) is 2. The first-order valence-electron chi connectivity index (χ1n) is 5.79. The Bertz CT molecular complexity index is 602. The molecule has 1 heterocycles. The zero-order valence-corrected chi connectivity index (χ0v) is 11.1. The van der Waals surface area contributed by atoms with E-state index in [1.807, 2.05) is 25.1 Å². The highest BCUT2D eigenvalue weighted by Crippen LogP contribution is 2.23. The molecule has 98 valence electrons. The molecule has 0 saturated heterocycles. The molecule has 2 N–H and O–H groups in total. The van der Waals surface area contributed by atoms with Gasteiger partial charge >= 0.3 is 0 Å². The molecule has 1 unspecified atom stereocenters. The third kappa shape index (κ3) is 3.03. The van der Waals surface area contributed by atoms with E-state index in [9.17, 15) is 9.90 Å². The molecule has 0 bridgehead atoms. The van der Waals surface area contributed by atoms with Gasteiger partial charge in [0.2, 0.25) is 0 Å². The quantitative estimate of drug-likeness (QED) is 0.906. The maximum Gasteiger partial charge on any atom is 0.274 e. The molecule has 2 rings (SSSR count). The van der Waals surface area contributed by atoms with Crippen LogP contribution in [0, 0.1) is 0 Å². The molecule has 1 atom stereocenters. The minimum Gasteiger partial charge on any atom is -0.505 e. The van der Waals surface area contributed by atoms with E-state index in [1.165, 1.54) is 12.3 Å². The van der Waals surface area contributed by atoms with Crippen LogP contribution >= 0.6 is 11.6 Å². The van der Waals surface area contributed by atoms with Crippen molar-refractivity contribution in [1.29, 1.82) is 0 Å². The van der Waals surface area contributed by atoms with Gasteiger partial charge in [0.1, 0.15) is 5.75 Å². The van der Waals surface area contributed by atoms with Crippen molar-refractivity contribution in [2.75, 3.05) is 0 Å². The van der Waals surface area contributed by atoms with E-state index in [0.29, 0.717) is 5.02 Å². The minimum atomic E-state index is -0.439. The van der Waals surface area contributed by atoms with Crippen LogP contribution < -0.4 is 5.32 Å². The van der Waals surface area contributed by atoms with Crippen LogP contribution in [0.15, 0.2) is 42.6 Å². The fourth-order valence-electron chi connectivity index (χ4n) is 1.74. The third-order valence-electron chi connectivity index (χ3n) is 2.72. The van der Waals surface area contributed by atoms with Crippen LogP contribution in [0.2, 0.25) is 5.02 Å². The number of pyridine rings is 1. The van der Waals surface area contributed by atoms with E-state index in [2.05, 4.69) is 10.3 Å². The second-order valence-electron chi connectivity index (χ2n) is 4.09. The predicted molar refractivity (Wildman–Crippen MR) is 73.2 cm³/mol. The lowest BCUT2D eigenvalue weighted by Gasteiger charge is -2.15. The van der Waals surface area contributed by atoms with Gasteiger partial charge in [-0.2, -0.15) is 0 Å². The van der Waals surface area contributed by atoms with Gasteiger partial charge in [0, 0.05) is 11.2 Å². The zero-order valence-electron chi connectivity index (χ0n) is 10.3. The Morgan fingerprint density at radius 2 is 2.05 bits per heavy atom. The number of carbonyl (C=O) groups is 1. The number of aromatic hydroxyl groups is 1. The summed E-state index contributed by atoms with van der Waals surface area (Å²) in [5.41, 5.74) is 0.814. The molecular formula is C14H13ClN2O2. The Morgan fingerprint density at radius 1 is 1.32 bits per heavy atom. The maximum atomic E-state index is 12.0. The van der Waals surface area contributed by atoms with Gasteiger partial charge in [-0.1, -0.05) is 29.8 Å². The average Bonchev–Trinajstić information content (AvgIpc) is 2.39. The van der Waals surface area contributed by atoms with E-state index in [-0.39, 0.29) is 17.5 Å². The van der Waals surface area contributed by atoms with Crippen molar-refractivity contribution in [3.05, 3.63) is 58.9 Å². The number of halogens is 1. The summed E-state index contributed by atoms with van der Waals surface area (Å²) in [5, 5.41) is 12.9. The molecule has 0 aliphatic heterocycles. The number of nitrogens with one attached hydrogen (secondary N) is 1. The summed E-state index contributed by atoms with van der Waals surface area (Å²) >= 11 is 6.06. The van der Waals surface area contributed by atoms with Gasteiger partial charge < -0.3 is 10.4 Å². The van der Waals surface area contributed by atoms with Crippen LogP contribution in [-0.2, 0) is 0 Å². The van der Waals surface area contributed by atoms with E-state index in [4.69, 9.17) is 11.6 Å². The van der Waals surface area contributed by atoms with Crippen LogP contribution in [0.4, 0.5) is 0 Å². The van der Waals surface area contributed by atoms with E-state index in [1.54, 1.807) is 12.1 Å². The Hall–Kier alpha value is -2.07. The molecule has 2 aromatic rings. The molecule has 1 aromatic carbocycles. The normalized spacial score (nSPS) is 11.9. The Labute approximate surface area is 116 Å². The topological polar surface area (TPSA) is 62.2 Å². The molecule has 0 saturated carbocycles. The van der Waals surface area contributed by atoms with Crippen LogP contribution in [0.3, 0.4) is 0 Å². The molecule has 1 aromatic heterocycles. The summed E-state index contributed by atoms with van der Waals surface area (Å²) in [7, 11) is 0. The summed E-state index contributed by atoms with van der Waals surface area (Å²) in [6, 6.07) is 9.98. The first-order chi connectivity index (χ1) is 9.09. The van der Waals surface area contributed by atoms with Gasteiger partial charge in [-0.3, -0.25) is 4.79 Å². The highest BCUT2D eigenvalue weighted by Gasteiger charge is 2.16. The smallest absolute Gasteiger partial charge is 0.274 e. The van der Waals surface area contributed by atoms with E-state index in [0.717, 1.165) is 5.56 Å². The number of nitrogens with zero attached hydrogens (tertiary/aromatic N) is 1. The second kappa shape index (κ2) is 5.71. The standard InChI is InChI=1S/C14H13ClN2O2/c1-9(10-5-2-3-6-11(10)15)17-14(19)13-12(18)7-4-8-16-13/h2-9,18H,1H3,(H,17,19). The summed E-state index contributed by atoms with van der Waals surface area (Å²) in [6.45, 7) is 1.82. The summed E-state index contributed by atoms with van der Waals surface area (Å²) in [4.78, 5) is 15.8. The second-order valence-corrected chi connectivity index (χ2v) is 4.49. The summed E-state index contributed by atoms with van der Waals surface area (Å²) < 4.78 is 0. The first kappa shape index (κ1) is 13.4. The van der Waals surface area contributed by atoms with Gasteiger partial charge in [-0.15, -0.1) is 0 Å². The SMILES string of the molecule is CC(NC(=O)c1ncccc1O)c1ccccc1Cl. The van der Waals surface area contributed by atoms with Crippen molar-refractivity contribution < 1.29 is 9.90 Å². The lowest BCUT2D eigenvalue weighted by atomic mass is 10.1. The van der Waals surface area contributed by atoms with Crippen molar-refractivity contribution in [1.82, 2.24) is 10.3 Å². The predicted octanol–water partition coefficient (Wildman–Crippen LogP) is 2.93. The molecular weight excluding hydrogens is 264 g/mol. The van der Waals surface area contributed by atoms with Crippen molar-refractivity contribution >= 4 is 17.5 Å². The molecule has 19 heavy (non-hydrogen) atoms. The van der Waals surface area contributed by atoms with Gasteiger partial charge in [0.25, 0.3) is 5.91 Å². The van der Waals surface area contributed by atoms with Crippen molar-refractivity contribution in [2.45, 2.75) is 13.0 Å². The van der Waals surface area contributed by atoms with Crippen LogP contribution in [0.25, 0.3) is 0 Å². The summed E-state index contributed by atoms with van der Waals surface area (Å²) in [6.07, 6.45) is 1.45. The number of aromatic nitrogens is 1. The molecule has 0 fully saturated rings. The lowest BCUT2D eigenvalue weighted by Crippen LogP contribution is -2.27. The van der Waals surface area contributed by atoms with Crippen LogP contribution in [0.1, 0.15) is 29.0 Å². The third-order valence-corrected chi connectivity index (χ3v) is 3.07. The maximum absolute atomic E-state index is 12.0. The largest absolute Gasteiger partial charge is 0.505 e. The number of benzene rings is 1. The van der Waals surface area contributed by atoms with E-state index >= 15 is 0 Å². The highest BCUT2D eigenvalue weighted by molar-refractivity contribution is 6.31. The van der Waals surface area contributed by atoms with Crippen molar-refractivity contribution in [3.8, 4) is 5.75 Å². The van der Waals surface area contributed by atoms with Gasteiger partial charge in [-0.05, 0) is 30.7 Å². The van der Waals surface area contributed by atoms with Gasteiger partial charge in [0.15, 0.2) is 5.69 Å². The van der Waals surface area contributed by atoms with Crippen LogP contribution in [-0.4, -0.2) is 16.0 Å². The number of amides is 1. The number of rotatable bonds is 3. The highest BCUT2D eigenvalue weighted by atomic mass is 35.5. The fraction of sp³-hybridized carbons (Fsp3) is 0.143. The fourth-order valence-corrected chi connectivity index (χ4v) is 2.04.